The molecular weight excluding hydrogens is 161 g/mol. The highest BCUT2D eigenvalue weighted by Crippen LogP contribution is 2.17. The van der Waals surface area contributed by atoms with Gasteiger partial charge in [0.2, 0.25) is 0 Å². The van der Waals surface area contributed by atoms with E-state index < -0.39 is 5.06 Å². The fraction of sp³-hybridized carbons (Fsp3) is 0.400. The lowest BCUT2D eigenvalue weighted by Gasteiger charge is -2.15. The molecule has 0 aromatic carbocycles. The van der Waals surface area contributed by atoms with E-state index in [1.807, 2.05) is 0 Å². The van der Waals surface area contributed by atoms with Crippen LogP contribution in [0.25, 0.3) is 0 Å². The van der Waals surface area contributed by atoms with E-state index in [0.29, 0.717) is 5.17 Å². The minimum Gasteiger partial charge on any atom is -0.370 e. The van der Waals surface area contributed by atoms with Gasteiger partial charge in [0, 0.05) is 0 Å². The van der Waals surface area contributed by atoms with E-state index in [1.54, 1.807) is 0 Å². The standard InChI is InChI=1S/C5H5Cl2NO/c6-4-1-2-5(7,9)3-8-4/h1-2,9H,3H2. The van der Waals surface area contributed by atoms with Gasteiger partial charge in [-0.1, -0.05) is 23.2 Å². The quantitative estimate of drug-likeness (QED) is 0.537. The molecule has 0 aromatic heterocycles. The molecular formula is C5H5Cl2NO. The molecule has 1 unspecified atom stereocenters. The SMILES string of the molecule is OC1(Cl)C=CC(Cl)=NC1. The van der Waals surface area contributed by atoms with Crippen molar-refractivity contribution in [1.82, 2.24) is 0 Å². The topological polar surface area (TPSA) is 32.6 Å². The molecule has 1 rings (SSSR count). The van der Waals surface area contributed by atoms with Gasteiger partial charge in [0.25, 0.3) is 0 Å². The van der Waals surface area contributed by atoms with Gasteiger partial charge < -0.3 is 5.11 Å². The van der Waals surface area contributed by atoms with Crippen LogP contribution in [0.4, 0.5) is 0 Å². The zero-order valence-electron chi connectivity index (χ0n) is 4.51. The van der Waals surface area contributed by atoms with Crippen molar-refractivity contribution in [3.8, 4) is 0 Å². The summed E-state index contributed by atoms with van der Waals surface area (Å²) >= 11 is 10.9. The van der Waals surface area contributed by atoms with Gasteiger partial charge in [0.15, 0.2) is 5.06 Å². The van der Waals surface area contributed by atoms with Crippen molar-refractivity contribution < 1.29 is 5.11 Å². The number of hydrogen-bond donors (Lipinski definition) is 1. The first kappa shape index (κ1) is 7.06. The van der Waals surface area contributed by atoms with Crippen LogP contribution in [0.1, 0.15) is 0 Å². The summed E-state index contributed by atoms with van der Waals surface area (Å²) in [5.74, 6) is 0. The summed E-state index contributed by atoms with van der Waals surface area (Å²) in [4.78, 5) is 3.70. The van der Waals surface area contributed by atoms with Gasteiger partial charge in [-0.05, 0) is 12.2 Å². The Balaban J connectivity index is 2.70. The van der Waals surface area contributed by atoms with Crippen LogP contribution >= 0.6 is 23.2 Å². The second-order valence-electron chi connectivity index (χ2n) is 1.79. The number of dihydropyridines is 1. The third-order valence-electron chi connectivity index (χ3n) is 0.928. The number of allylic oxidation sites excluding steroid dienone is 1. The van der Waals surface area contributed by atoms with Gasteiger partial charge in [-0.2, -0.15) is 0 Å². The zero-order valence-corrected chi connectivity index (χ0v) is 6.02. The summed E-state index contributed by atoms with van der Waals surface area (Å²) in [6.45, 7) is 0.129. The molecule has 1 aliphatic heterocycles. The third-order valence-corrected chi connectivity index (χ3v) is 1.42. The first-order chi connectivity index (χ1) is 4.10. The molecule has 2 nitrogen and oxygen atoms in total. The van der Waals surface area contributed by atoms with E-state index in [4.69, 9.17) is 28.3 Å². The molecule has 0 amide bonds. The minimum atomic E-state index is -1.32. The molecule has 0 aliphatic carbocycles. The number of hydrogen-bond acceptors (Lipinski definition) is 2. The van der Waals surface area contributed by atoms with Crippen LogP contribution in [-0.4, -0.2) is 21.9 Å². The first-order valence-corrected chi connectivity index (χ1v) is 3.16. The Kier molecular flexibility index (Phi) is 1.80. The normalized spacial score (nSPS) is 34.3. The molecule has 0 spiro atoms. The number of nitrogens with zero attached hydrogens (tertiary/aromatic N) is 1. The maximum absolute atomic E-state index is 9.01. The Morgan fingerprint density at radius 2 is 2.44 bits per heavy atom. The Morgan fingerprint density at radius 1 is 1.78 bits per heavy atom. The number of halogens is 2. The maximum Gasteiger partial charge on any atom is 0.177 e. The van der Waals surface area contributed by atoms with Crippen molar-refractivity contribution in [2.24, 2.45) is 4.99 Å². The second-order valence-corrected chi connectivity index (χ2v) is 2.83. The predicted octanol–water partition coefficient (Wildman–Crippen LogP) is 1.12. The highest BCUT2D eigenvalue weighted by atomic mass is 35.5. The Labute approximate surface area is 62.8 Å². The molecule has 1 aliphatic rings. The van der Waals surface area contributed by atoms with E-state index in [0.717, 1.165) is 0 Å². The summed E-state index contributed by atoms with van der Waals surface area (Å²) in [6, 6.07) is 0. The van der Waals surface area contributed by atoms with Crippen molar-refractivity contribution in [2.75, 3.05) is 6.54 Å². The minimum absolute atomic E-state index is 0.129. The van der Waals surface area contributed by atoms with Gasteiger partial charge in [0.1, 0.15) is 5.17 Å². The van der Waals surface area contributed by atoms with Gasteiger partial charge >= 0.3 is 0 Å². The van der Waals surface area contributed by atoms with E-state index in [9.17, 15) is 0 Å². The fourth-order valence-electron chi connectivity index (χ4n) is 0.488. The lowest BCUT2D eigenvalue weighted by Crippen LogP contribution is -2.24. The van der Waals surface area contributed by atoms with Crippen LogP contribution in [0.3, 0.4) is 0 Å². The predicted molar refractivity (Wildman–Crippen MR) is 38.1 cm³/mol. The number of aliphatic imine (C=N–C) groups is 1. The zero-order chi connectivity index (χ0) is 6.91. The molecule has 0 bridgehead atoms. The van der Waals surface area contributed by atoms with Crippen molar-refractivity contribution in [3.05, 3.63) is 12.2 Å². The molecule has 1 atom stereocenters. The molecule has 0 fully saturated rings. The summed E-state index contributed by atoms with van der Waals surface area (Å²) in [5, 5.41) is 8.06. The third kappa shape index (κ3) is 1.97. The molecule has 1 heterocycles. The van der Waals surface area contributed by atoms with Crippen LogP contribution in [0, 0.1) is 0 Å². The molecule has 4 heteroatoms. The molecule has 1 N–H and O–H groups in total. The van der Waals surface area contributed by atoms with E-state index in [1.165, 1.54) is 12.2 Å². The molecule has 50 valence electrons. The van der Waals surface area contributed by atoms with Crippen LogP contribution in [0.15, 0.2) is 17.1 Å². The van der Waals surface area contributed by atoms with Gasteiger partial charge in [-0.3, -0.25) is 4.99 Å². The van der Waals surface area contributed by atoms with E-state index >= 15 is 0 Å². The lowest BCUT2D eigenvalue weighted by atomic mass is 10.3. The van der Waals surface area contributed by atoms with Gasteiger partial charge in [0.05, 0.1) is 6.54 Å². The highest BCUT2D eigenvalue weighted by Gasteiger charge is 2.21. The molecule has 0 radical (unpaired) electrons. The number of alkyl halides is 1. The Morgan fingerprint density at radius 3 is 2.78 bits per heavy atom. The lowest BCUT2D eigenvalue weighted by molar-refractivity contribution is 0.188. The van der Waals surface area contributed by atoms with Crippen molar-refractivity contribution in [1.29, 1.82) is 0 Å². The van der Waals surface area contributed by atoms with Crippen LogP contribution in [-0.2, 0) is 0 Å². The van der Waals surface area contributed by atoms with Crippen LogP contribution in [0.2, 0.25) is 0 Å². The Bertz CT molecular complexity index is 174. The number of rotatable bonds is 0. The second kappa shape index (κ2) is 2.29. The average molecular weight is 166 g/mol. The molecule has 9 heavy (non-hydrogen) atoms. The smallest absolute Gasteiger partial charge is 0.177 e. The average Bonchev–Trinajstić information content (AvgIpc) is 1.78. The fourth-order valence-corrected chi connectivity index (χ4v) is 0.734. The molecule has 0 saturated heterocycles. The van der Waals surface area contributed by atoms with Crippen molar-refractivity contribution >= 4 is 28.4 Å². The summed E-state index contributed by atoms with van der Waals surface area (Å²) < 4.78 is 0. The highest BCUT2D eigenvalue weighted by molar-refractivity contribution is 6.68. The molecule has 0 saturated carbocycles. The van der Waals surface area contributed by atoms with E-state index in [2.05, 4.69) is 4.99 Å². The van der Waals surface area contributed by atoms with Crippen molar-refractivity contribution in [3.63, 3.8) is 0 Å². The summed E-state index contributed by atoms with van der Waals surface area (Å²) in [7, 11) is 0. The first-order valence-electron chi connectivity index (χ1n) is 2.41. The van der Waals surface area contributed by atoms with Crippen LogP contribution in [0.5, 0.6) is 0 Å². The largest absolute Gasteiger partial charge is 0.370 e. The molecule has 0 aromatic rings. The number of aliphatic hydroxyl groups is 1. The van der Waals surface area contributed by atoms with Crippen LogP contribution < -0.4 is 0 Å². The maximum atomic E-state index is 9.01. The van der Waals surface area contributed by atoms with Gasteiger partial charge in [-0.15, -0.1) is 0 Å². The van der Waals surface area contributed by atoms with Crippen molar-refractivity contribution in [2.45, 2.75) is 5.06 Å². The monoisotopic (exact) mass is 165 g/mol. The summed E-state index contributed by atoms with van der Waals surface area (Å²) in [5.41, 5.74) is 0. The van der Waals surface area contributed by atoms with Gasteiger partial charge in [-0.25, -0.2) is 0 Å². The Hall–Kier alpha value is -0.0500. The summed E-state index contributed by atoms with van der Waals surface area (Å²) in [6.07, 6.45) is 2.88. The van der Waals surface area contributed by atoms with E-state index in [-0.39, 0.29) is 6.54 Å².